The Morgan fingerprint density at radius 1 is 0.787 bits per heavy atom. The molecule has 3 aromatic rings. The summed E-state index contributed by atoms with van der Waals surface area (Å²) in [5.74, 6) is 0.728. The topological polar surface area (TPSA) is 109 Å². The minimum absolute atomic E-state index is 0.106. The highest BCUT2D eigenvalue weighted by molar-refractivity contribution is 5.94. The molecule has 2 heterocycles. The summed E-state index contributed by atoms with van der Waals surface area (Å²) in [4.78, 5) is 35.0. The lowest BCUT2D eigenvalue weighted by Crippen LogP contribution is -2.51. The van der Waals surface area contributed by atoms with Crippen molar-refractivity contribution in [1.82, 2.24) is 24.9 Å². The molecule has 0 bridgehead atoms. The van der Waals surface area contributed by atoms with Gasteiger partial charge in [0.2, 0.25) is 5.91 Å². The van der Waals surface area contributed by atoms with Gasteiger partial charge in [-0.05, 0) is 99.5 Å². The zero-order valence-corrected chi connectivity index (χ0v) is 27.7. The molecule has 3 aromatic carbocycles. The number of likely N-dealkylation sites (tertiary alicyclic amines) is 1. The van der Waals surface area contributed by atoms with Crippen molar-refractivity contribution >= 4 is 11.8 Å². The Kier molecular flexibility index (Phi) is 12.1. The zero-order chi connectivity index (χ0) is 33.2. The van der Waals surface area contributed by atoms with E-state index in [1.807, 2.05) is 24.3 Å². The minimum atomic E-state index is -0.210. The number of amides is 2. The largest absolute Gasteiger partial charge is 0.504 e. The molecular weight excluding hydrogens is 594 g/mol. The quantitative estimate of drug-likeness (QED) is 0.190. The highest BCUT2D eigenvalue weighted by Gasteiger charge is 2.30. The fraction of sp³-hybridized carbons (Fsp3) is 0.459. The molecule has 2 aliphatic heterocycles. The number of piperidine rings is 1. The summed E-state index contributed by atoms with van der Waals surface area (Å²) in [6, 6.07) is 20.5. The third-order valence-electron chi connectivity index (χ3n) is 9.08. The van der Waals surface area contributed by atoms with Gasteiger partial charge in [-0.15, -0.1) is 0 Å². The number of benzene rings is 3. The maximum atomic E-state index is 13.4. The summed E-state index contributed by atoms with van der Waals surface area (Å²) < 4.78 is 5.86. The average Bonchev–Trinajstić information content (AvgIpc) is 3.08. The smallest absolute Gasteiger partial charge is 0.251 e. The van der Waals surface area contributed by atoms with Crippen LogP contribution in [0.5, 0.6) is 17.2 Å². The number of nitrogens with one attached hydrogen (secondary N) is 1. The van der Waals surface area contributed by atoms with Gasteiger partial charge in [0, 0.05) is 63.8 Å². The first-order chi connectivity index (χ1) is 22.7. The van der Waals surface area contributed by atoms with Crippen molar-refractivity contribution in [3.63, 3.8) is 0 Å². The number of ether oxygens (including phenoxy) is 1. The summed E-state index contributed by atoms with van der Waals surface area (Å²) >= 11 is 0. The molecule has 2 fully saturated rings. The number of nitrogens with zero attached hydrogens (tertiary/aromatic N) is 4. The van der Waals surface area contributed by atoms with Gasteiger partial charge in [-0.1, -0.05) is 30.3 Å². The van der Waals surface area contributed by atoms with E-state index in [1.54, 1.807) is 6.07 Å². The summed E-state index contributed by atoms with van der Waals surface area (Å²) in [7, 11) is 4.15. The van der Waals surface area contributed by atoms with Crippen molar-refractivity contribution in [2.75, 3.05) is 66.5 Å². The summed E-state index contributed by atoms with van der Waals surface area (Å²) in [6.07, 6.45) is 2.82. The molecule has 2 aliphatic rings. The second-order valence-corrected chi connectivity index (χ2v) is 13.0. The van der Waals surface area contributed by atoms with Crippen LogP contribution in [0.3, 0.4) is 0 Å². The van der Waals surface area contributed by atoms with Gasteiger partial charge in [-0.3, -0.25) is 19.4 Å². The molecule has 0 atom stereocenters. The molecule has 3 N–H and O–H groups in total. The van der Waals surface area contributed by atoms with Crippen LogP contribution in [0.4, 0.5) is 0 Å². The Labute approximate surface area is 278 Å². The molecule has 10 nitrogen and oxygen atoms in total. The lowest BCUT2D eigenvalue weighted by Gasteiger charge is -2.38. The van der Waals surface area contributed by atoms with Gasteiger partial charge < -0.3 is 30.1 Å². The first-order valence-electron chi connectivity index (χ1n) is 16.7. The number of hydrogen-bond acceptors (Lipinski definition) is 8. The number of piperazine rings is 1. The molecular formula is C37H49N5O5. The molecule has 252 valence electrons. The van der Waals surface area contributed by atoms with Crippen LogP contribution < -0.4 is 10.1 Å². The predicted molar refractivity (Wildman–Crippen MR) is 182 cm³/mol. The molecule has 47 heavy (non-hydrogen) atoms. The monoisotopic (exact) mass is 643 g/mol. The SMILES string of the molecule is CN(C)CCCOc1ccc(CN2CCC(C(=O)N3CCN(Cc4ccc(C(=O)NCc5ccc(O)c(O)c5)cc4)CC3)CC2)cc1. The molecule has 10 heteroatoms. The fourth-order valence-corrected chi connectivity index (χ4v) is 6.23. The van der Waals surface area contributed by atoms with E-state index < -0.39 is 0 Å². The first kappa shape index (κ1) is 34.2. The number of rotatable bonds is 13. The van der Waals surface area contributed by atoms with Crippen LogP contribution in [-0.4, -0.2) is 108 Å². The number of phenols is 2. The number of aromatic hydroxyl groups is 2. The molecule has 0 aromatic heterocycles. The molecule has 0 saturated carbocycles. The van der Waals surface area contributed by atoms with Crippen LogP contribution in [0.1, 0.15) is 46.3 Å². The molecule has 0 aliphatic carbocycles. The van der Waals surface area contributed by atoms with Crippen molar-refractivity contribution in [1.29, 1.82) is 0 Å². The van der Waals surface area contributed by atoms with E-state index in [4.69, 9.17) is 4.74 Å². The van der Waals surface area contributed by atoms with Crippen molar-refractivity contribution < 1.29 is 24.5 Å². The maximum Gasteiger partial charge on any atom is 0.251 e. The van der Waals surface area contributed by atoms with Gasteiger partial charge >= 0.3 is 0 Å². The van der Waals surface area contributed by atoms with Gasteiger partial charge in [-0.25, -0.2) is 0 Å². The molecule has 0 radical (unpaired) electrons. The summed E-state index contributed by atoms with van der Waals surface area (Å²) in [5.41, 5.74) is 3.66. The zero-order valence-electron chi connectivity index (χ0n) is 27.7. The number of carbonyl (C=O) groups excluding carboxylic acids is 2. The van der Waals surface area contributed by atoms with E-state index in [2.05, 4.69) is 63.3 Å². The molecule has 2 amide bonds. The Hall–Kier alpha value is -4.12. The van der Waals surface area contributed by atoms with Crippen molar-refractivity contribution in [2.45, 2.75) is 38.9 Å². The Morgan fingerprint density at radius 3 is 2.00 bits per heavy atom. The second kappa shape index (κ2) is 16.6. The van der Waals surface area contributed by atoms with Gasteiger partial charge in [0.15, 0.2) is 11.5 Å². The highest BCUT2D eigenvalue weighted by Crippen LogP contribution is 2.25. The van der Waals surface area contributed by atoms with Crippen LogP contribution in [0.25, 0.3) is 0 Å². The van der Waals surface area contributed by atoms with E-state index in [9.17, 15) is 19.8 Å². The van der Waals surface area contributed by atoms with Crippen LogP contribution >= 0.6 is 0 Å². The summed E-state index contributed by atoms with van der Waals surface area (Å²) in [5, 5.41) is 21.9. The second-order valence-electron chi connectivity index (χ2n) is 13.0. The van der Waals surface area contributed by atoms with Crippen LogP contribution in [0.2, 0.25) is 0 Å². The minimum Gasteiger partial charge on any atom is -0.504 e. The van der Waals surface area contributed by atoms with Crippen LogP contribution in [0.15, 0.2) is 66.7 Å². The predicted octanol–water partition coefficient (Wildman–Crippen LogP) is 3.91. The van der Waals surface area contributed by atoms with Gasteiger partial charge in [0.25, 0.3) is 5.91 Å². The molecule has 0 unspecified atom stereocenters. The number of phenolic OH excluding ortho intramolecular Hbond substituents is 2. The highest BCUT2D eigenvalue weighted by atomic mass is 16.5. The molecule has 2 saturated heterocycles. The van der Waals surface area contributed by atoms with Gasteiger partial charge in [0.05, 0.1) is 6.61 Å². The van der Waals surface area contributed by atoms with E-state index in [-0.39, 0.29) is 29.9 Å². The normalized spacial score (nSPS) is 16.4. The van der Waals surface area contributed by atoms with E-state index >= 15 is 0 Å². The number of hydrogen-bond donors (Lipinski definition) is 3. The molecule has 5 rings (SSSR count). The van der Waals surface area contributed by atoms with Crippen LogP contribution in [0, 0.1) is 5.92 Å². The van der Waals surface area contributed by atoms with Gasteiger partial charge in [-0.2, -0.15) is 0 Å². The van der Waals surface area contributed by atoms with Crippen molar-refractivity contribution in [3.8, 4) is 17.2 Å². The first-order valence-corrected chi connectivity index (χ1v) is 16.7. The standard InChI is InChI=1S/C37H49N5O5/c1-39(2)16-3-23-47-33-11-6-29(7-12-33)26-40-17-14-32(15-18-40)37(46)42-21-19-41(20-22-42)27-28-4-9-31(10-5-28)36(45)38-25-30-8-13-34(43)35(44)24-30/h4-13,24,32,43-44H,3,14-23,25-27H2,1-2H3,(H,38,45). The Bertz CT molecular complexity index is 1450. The third-order valence-corrected chi connectivity index (χ3v) is 9.08. The Balaban J connectivity index is 0.982. The fourth-order valence-electron chi connectivity index (χ4n) is 6.23. The van der Waals surface area contributed by atoms with Crippen molar-refractivity contribution in [2.24, 2.45) is 5.92 Å². The van der Waals surface area contributed by atoms with Gasteiger partial charge in [0.1, 0.15) is 5.75 Å². The van der Waals surface area contributed by atoms with E-state index in [0.29, 0.717) is 17.0 Å². The lowest BCUT2D eigenvalue weighted by molar-refractivity contribution is -0.139. The van der Waals surface area contributed by atoms with Crippen molar-refractivity contribution in [3.05, 3.63) is 89.0 Å². The molecule has 0 spiro atoms. The van der Waals surface area contributed by atoms with E-state index in [0.717, 1.165) is 96.1 Å². The summed E-state index contributed by atoms with van der Waals surface area (Å²) in [6.45, 7) is 8.71. The van der Waals surface area contributed by atoms with E-state index in [1.165, 1.54) is 17.7 Å². The lowest BCUT2D eigenvalue weighted by atomic mass is 9.94. The average molecular weight is 644 g/mol. The maximum absolute atomic E-state index is 13.4. The third kappa shape index (κ3) is 10.2. The Morgan fingerprint density at radius 2 is 1.38 bits per heavy atom. The number of carbonyl (C=O) groups is 2. The van der Waals surface area contributed by atoms with Crippen LogP contribution in [-0.2, 0) is 24.4 Å².